The molecule has 2 aromatic heterocycles. The summed E-state index contributed by atoms with van der Waals surface area (Å²) < 4.78 is 14.8. The highest BCUT2D eigenvalue weighted by molar-refractivity contribution is 5.95. The molecule has 0 unspecified atom stereocenters. The topological polar surface area (TPSA) is 92.6 Å². The Hall–Kier alpha value is -3.55. The van der Waals surface area contributed by atoms with Crippen LogP contribution in [0.25, 0.3) is 5.65 Å². The van der Waals surface area contributed by atoms with Gasteiger partial charge in [-0.15, -0.1) is 0 Å². The van der Waals surface area contributed by atoms with Crippen molar-refractivity contribution in [3.63, 3.8) is 0 Å². The molecule has 0 bridgehead atoms. The van der Waals surface area contributed by atoms with Gasteiger partial charge in [-0.05, 0) is 36.8 Å². The molecule has 0 radical (unpaired) electrons. The zero-order valence-corrected chi connectivity index (χ0v) is 14.5. The molecule has 0 saturated carbocycles. The van der Waals surface area contributed by atoms with E-state index in [9.17, 15) is 18.8 Å². The number of nitrogens with zero attached hydrogens (tertiary/aromatic N) is 2. The Morgan fingerprint density at radius 2 is 1.85 bits per heavy atom. The van der Waals surface area contributed by atoms with Crippen molar-refractivity contribution in [3.8, 4) is 0 Å². The molecule has 0 saturated heterocycles. The first-order chi connectivity index (χ1) is 13.0. The highest BCUT2D eigenvalue weighted by atomic mass is 19.1. The number of aryl methyl sites for hydroxylation is 1. The summed E-state index contributed by atoms with van der Waals surface area (Å²) in [6.07, 6.45) is 2.75. The smallest absolute Gasteiger partial charge is 0.270 e. The van der Waals surface area contributed by atoms with Crippen molar-refractivity contribution in [2.24, 2.45) is 0 Å². The van der Waals surface area contributed by atoms with E-state index in [2.05, 4.69) is 15.6 Å². The fourth-order valence-corrected chi connectivity index (χ4v) is 2.47. The van der Waals surface area contributed by atoms with Crippen molar-refractivity contribution < 1.29 is 14.0 Å². The molecule has 1 aromatic carbocycles. The molecule has 0 aliphatic rings. The Balaban J connectivity index is 1.57. The fourth-order valence-electron chi connectivity index (χ4n) is 2.47. The maximum atomic E-state index is 13.5. The van der Waals surface area contributed by atoms with Gasteiger partial charge >= 0.3 is 0 Å². The van der Waals surface area contributed by atoms with Crippen molar-refractivity contribution in [3.05, 3.63) is 81.7 Å². The Kier molecular flexibility index (Phi) is 5.25. The average Bonchev–Trinajstić information content (AvgIpc) is 2.67. The van der Waals surface area contributed by atoms with Gasteiger partial charge in [0.25, 0.3) is 17.4 Å². The van der Waals surface area contributed by atoms with Crippen molar-refractivity contribution in [2.75, 3.05) is 13.1 Å². The Morgan fingerprint density at radius 3 is 2.59 bits per heavy atom. The van der Waals surface area contributed by atoms with Crippen molar-refractivity contribution >= 4 is 17.5 Å². The van der Waals surface area contributed by atoms with Gasteiger partial charge in [0.2, 0.25) is 0 Å². The number of fused-ring (bicyclic) bond motifs is 1. The van der Waals surface area contributed by atoms with Crippen LogP contribution in [-0.2, 0) is 0 Å². The number of carbonyl (C=O) groups excluding carboxylic acids is 2. The fraction of sp³-hybridized carbons (Fsp3) is 0.158. The zero-order chi connectivity index (χ0) is 19.4. The van der Waals surface area contributed by atoms with E-state index in [0.29, 0.717) is 11.2 Å². The van der Waals surface area contributed by atoms with Crippen molar-refractivity contribution in [2.45, 2.75) is 6.92 Å². The lowest BCUT2D eigenvalue weighted by molar-refractivity contribution is 0.0926. The second kappa shape index (κ2) is 7.77. The van der Waals surface area contributed by atoms with Crippen molar-refractivity contribution in [1.29, 1.82) is 0 Å². The number of nitrogens with one attached hydrogen (secondary N) is 2. The molecule has 8 heteroatoms. The lowest BCUT2D eigenvalue weighted by Gasteiger charge is -2.08. The van der Waals surface area contributed by atoms with Gasteiger partial charge in [0.15, 0.2) is 0 Å². The van der Waals surface area contributed by atoms with Crippen LogP contribution in [0, 0.1) is 12.7 Å². The summed E-state index contributed by atoms with van der Waals surface area (Å²) in [7, 11) is 0. The van der Waals surface area contributed by atoms with E-state index in [1.54, 1.807) is 25.1 Å². The van der Waals surface area contributed by atoms with E-state index in [1.807, 2.05) is 0 Å². The average molecular weight is 368 g/mol. The van der Waals surface area contributed by atoms with Crippen LogP contribution in [-0.4, -0.2) is 34.3 Å². The summed E-state index contributed by atoms with van der Waals surface area (Å²) in [4.78, 5) is 40.5. The van der Waals surface area contributed by atoms with Gasteiger partial charge in [0, 0.05) is 31.0 Å². The Bertz CT molecular complexity index is 1080. The number of hydrogen-bond acceptors (Lipinski definition) is 4. The molecule has 27 heavy (non-hydrogen) atoms. The van der Waals surface area contributed by atoms with E-state index in [4.69, 9.17) is 0 Å². The summed E-state index contributed by atoms with van der Waals surface area (Å²) in [5.41, 5.74) is 0.523. The molecular formula is C19H17FN4O3. The number of rotatable bonds is 5. The van der Waals surface area contributed by atoms with Crippen LogP contribution < -0.4 is 16.2 Å². The molecule has 0 fully saturated rings. The maximum absolute atomic E-state index is 13.5. The van der Waals surface area contributed by atoms with E-state index >= 15 is 0 Å². The SMILES string of the molecule is Cc1ccc(C(=O)NCCNC(=O)c2cnc3ccccn3c2=O)cc1F. The van der Waals surface area contributed by atoms with Crippen LogP contribution in [0.15, 0.2) is 53.6 Å². The van der Waals surface area contributed by atoms with Gasteiger partial charge < -0.3 is 10.6 Å². The third-order valence-electron chi connectivity index (χ3n) is 3.99. The first kappa shape index (κ1) is 18.2. The maximum Gasteiger partial charge on any atom is 0.270 e. The third-order valence-corrected chi connectivity index (χ3v) is 3.99. The number of pyridine rings is 1. The highest BCUT2D eigenvalue weighted by Gasteiger charge is 2.13. The van der Waals surface area contributed by atoms with Crippen LogP contribution in [0.3, 0.4) is 0 Å². The summed E-state index contributed by atoms with van der Waals surface area (Å²) in [5.74, 6) is -1.49. The molecule has 138 valence electrons. The molecule has 3 rings (SSSR count). The molecule has 2 N–H and O–H groups in total. The minimum Gasteiger partial charge on any atom is -0.350 e. The molecule has 0 aliphatic heterocycles. The second-order valence-electron chi connectivity index (χ2n) is 5.88. The molecule has 0 aliphatic carbocycles. The van der Waals surface area contributed by atoms with E-state index in [-0.39, 0.29) is 24.2 Å². The predicted molar refractivity (Wildman–Crippen MR) is 97.3 cm³/mol. The van der Waals surface area contributed by atoms with Crippen molar-refractivity contribution in [1.82, 2.24) is 20.0 Å². The van der Waals surface area contributed by atoms with Gasteiger partial charge in [-0.1, -0.05) is 12.1 Å². The molecule has 0 atom stereocenters. The number of amides is 2. The van der Waals surface area contributed by atoms with Crippen LogP contribution in [0.5, 0.6) is 0 Å². The van der Waals surface area contributed by atoms with Gasteiger partial charge in [-0.25, -0.2) is 9.37 Å². The normalized spacial score (nSPS) is 10.6. The summed E-state index contributed by atoms with van der Waals surface area (Å²) in [5, 5.41) is 5.13. The van der Waals surface area contributed by atoms with Crippen LogP contribution >= 0.6 is 0 Å². The number of hydrogen-bond donors (Lipinski definition) is 2. The molecule has 0 spiro atoms. The van der Waals surface area contributed by atoms with Gasteiger partial charge in [-0.2, -0.15) is 0 Å². The highest BCUT2D eigenvalue weighted by Crippen LogP contribution is 2.08. The summed E-state index contributed by atoms with van der Waals surface area (Å²) >= 11 is 0. The number of benzene rings is 1. The first-order valence-electron chi connectivity index (χ1n) is 8.26. The quantitative estimate of drug-likeness (QED) is 0.664. The minimum atomic E-state index is -0.582. The minimum absolute atomic E-state index is 0.0920. The predicted octanol–water partition coefficient (Wildman–Crippen LogP) is 1.30. The van der Waals surface area contributed by atoms with Crippen LogP contribution in [0.1, 0.15) is 26.3 Å². The van der Waals surface area contributed by atoms with Gasteiger partial charge in [0.1, 0.15) is 17.0 Å². The number of carbonyl (C=O) groups is 2. The zero-order valence-electron chi connectivity index (χ0n) is 14.5. The Morgan fingerprint density at radius 1 is 1.11 bits per heavy atom. The molecule has 2 amide bonds. The third kappa shape index (κ3) is 4.00. The molecular weight excluding hydrogens is 351 g/mol. The lowest BCUT2D eigenvalue weighted by atomic mass is 10.1. The van der Waals surface area contributed by atoms with E-state index in [1.165, 1.54) is 28.9 Å². The largest absolute Gasteiger partial charge is 0.350 e. The molecule has 7 nitrogen and oxygen atoms in total. The lowest BCUT2D eigenvalue weighted by Crippen LogP contribution is -2.37. The second-order valence-corrected chi connectivity index (χ2v) is 5.88. The number of halogens is 1. The van der Waals surface area contributed by atoms with E-state index < -0.39 is 23.2 Å². The molecule has 3 aromatic rings. The standard InChI is InChI=1S/C19H17FN4O3/c1-12-5-6-13(10-15(12)20)17(25)21-7-8-22-18(26)14-11-23-16-4-2-3-9-24(16)19(14)27/h2-6,9-11H,7-8H2,1H3,(H,21,25)(H,22,26). The summed E-state index contributed by atoms with van der Waals surface area (Å²) in [6, 6.07) is 9.27. The molecule has 2 heterocycles. The van der Waals surface area contributed by atoms with Crippen LogP contribution in [0.4, 0.5) is 4.39 Å². The summed E-state index contributed by atoms with van der Waals surface area (Å²) in [6.45, 7) is 1.84. The van der Waals surface area contributed by atoms with E-state index in [0.717, 1.165) is 6.07 Å². The monoisotopic (exact) mass is 368 g/mol. The van der Waals surface area contributed by atoms with Gasteiger partial charge in [-0.3, -0.25) is 18.8 Å². The number of aromatic nitrogens is 2. The Labute approximate surface area is 153 Å². The first-order valence-corrected chi connectivity index (χ1v) is 8.26. The van der Waals surface area contributed by atoms with Gasteiger partial charge in [0.05, 0.1) is 0 Å². The van der Waals surface area contributed by atoms with Crippen LogP contribution in [0.2, 0.25) is 0 Å².